The first kappa shape index (κ1) is 16.4. The first-order valence-corrected chi connectivity index (χ1v) is 8.41. The van der Waals surface area contributed by atoms with Crippen LogP contribution in [0, 0.1) is 17.2 Å². The van der Waals surface area contributed by atoms with Crippen LogP contribution < -0.4 is 5.32 Å². The van der Waals surface area contributed by atoms with Gasteiger partial charge in [-0.05, 0) is 29.7 Å². The fourth-order valence-electron chi connectivity index (χ4n) is 3.07. The Morgan fingerprint density at radius 1 is 1.12 bits per heavy atom. The molecule has 0 saturated carbocycles. The molecule has 0 bridgehead atoms. The summed E-state index contributed by atoms with van der Waals surface area (Å²) in [4.78, 5) is 0. The molecule has 3 rings (SSSR count). The van der Waals surface area contributed by atoms with Crippen molar-refractivity contribution in [2.75, 3.05) is 19.7 Å². The number of nitriles is 1. The Morgan fingerprint density at radius 2 is 1.92 bits per heavy atom. The molecule has 0 radical (unpaired) electrons. The van der Waals surface area contributed by atoms with Gasteiger partial charge in [0, 0.05) is 25.6 Å². The summed E-state index contributed by atoms with van der Waals surface area (Å²) >= 11 is 0. The number of hydrogen-bond donors (Lipinski definition) is 1. The van der Waals surface area contributed by atoms with Crippen LogP contribution in [-0.2, 0) is 4.74 Å². The zero-order valence-corrected chi connectivity index (χ0v) is 13.7. The summed E-state index contributed by atoms with van der Waals surface area (Å²) in [5.74, 6) is 0.524. The largest absolute Gasteiger partial charge is 0.373 e. The number of benzene rings is 2. The molecule has 1 N–H and O–H groups in total. The Bertz CT molecular complexity index is 701. The van der Waals surface area contributed by atoms with Crippen molar-refractivity contribution in [3.05, 3.63) is 77.4 Å². The van der Waals surface area contributed by atoms with Crippen molar-refractivity contribution in [1.29, 1.82) is 5.26 Å². The summed E-state index contributed by atoms with van der Waals surface area (Å²) in [6.07, 6.45) is 5.51. The third-order valence-electron chi connectivity index (χ3n) is 4.36. The van der Waals surface area contributed by atoms with E-state index in [0.717, 1.165) is 31.7 Å². The lowest BCUT2D eigenvalue weighted by molar-refractivity contribution is 0.0907. The van der Waals surface area contributed by atoms with Crippen LogP contribution in [0.2, 0.25) is 0 Å². The smallest absolute Gasteiger partial charge is 0.0991 e. The maximum absolute atomic E-state index is 8.79. The van der Waals surface area contributed by atoms with E-state index in [2.05, 4.69) is 47.8 Å². The van der Waals surface area contributed by atoms with Crippen LogP contribution in [0.15, 0.2) is 60.7 Å². The van der Waals surface area contributed by atoms with Gasteiger partial charge in [0.15, 0.2) is 0 Å². The fourth-order valence-corrected chi connectivity index (χ4v) is 3.07. The molecule has 0 unspecified atom stereocenters. The van der Waals surface area contributed by atoms with Gasteiger partial charge in [-0.3, -0.25) is 0 Å². The SMILES string of the molecule is N#Cc1ccc(/C=C/CNC[C@H]2CCO[C@@H]2c2ccccc2)cc1. The molecule has 0 aliphatic carbocycles. The van der Waals surface area contributed by atoms with E-state index in [1.165, 1.54) is 5.56 Å². The number of ether oxygens (including phenoxy) is 1. The lowest BCUT2D eigenvalue weighted by Gasteiger charge is -2.19. The Labute approximate surface area is 143 Å². The van der Waals surface area contributed by atoms with Crippen LogP contribution in [0.1, 0.15) is 29.2 Å². The van der Waals surface area contributed by atoms with Gasteiger partial charge >= 0.3 is 0 Å². The van der Waals surface area contributed by atoms with Crippen molar-refractivity contribution < 1.29 is 4.74 Å². The van der Waals surface area contributed by atoms with Crippen LogP contribution in [0.3, 0.4) is 0 Å². The molecule has 2 aromatic rings. The molecule has 1 aliphatic heterocycles. The van der Waals surface area contributed by atoms with Gasteiger partial charge in [-0.25, -0.2) is 0 Å². The molecule has 2 atom stereocenters. The van der Waals surface area contributed by atoms with Crippen LogP contribution in [0.25, 0.3) is 6.08 Å². The third-order valence-corrected chi connectivity index (χ3v) is 4.36. The second kappa shape index (κ2) is 8.44. The zero-order valence-electron chi connectivity index (χ0n) is 13.7. The number of nitrogens with zero attached hydrogens (tertiary/aromatic N) is 1. The summed E-state index contributed by atoms with van der Waals surface area (Å²) in [6, 6.07) is 20.2. The van der Waals surface area contributed by atoms with E-state index in [9.17, 15) is 0 Å². The quantitative estimate of drug-likeness (QED) is 0.821. The van der Waals surface area contributed by atoms with E-state index < -0.39 is 0 Å². The number of rotatable bonds is 6. The van der Waals surface area contributed by atoms with Gasteiger partial charge in [-0.2, -0.15) is 5.26 Å². The van der Waals surface area contributed by atoms with E-state index in [4.69, 9.17) is 10.00 Å². The third kappa shape index (κ3) is 4.32. The second-order valence-corrected chi connectivity index (χ2v) is 6.05. The average Bonchev–Trinajstić information content (AvgIpc) is 3.11. The van der Waals surface area contributed by atoms with Crippen molar-refractivity contribution in [2.45, 2.75) is 12.5 Å². The summed E-state index contributed by atoms with van der Waals surface area (Å²) in [5, 5.41) is 12.3. The van der Waals surface area contributed by atoms with Crippen LogP contribution in [-0.4, -0.2) is 19.7 Å². The van der Waals surface area contributed by atoms with Gasteiger partial charge in [0.1, 0.15) is 0 Å². The highest BCUT2D eigenvalue weighted by Crippen LogP contribution is 2.33. The molecule has 3 heteroatoms. The molecule has 122 valence electrons. The minimum Gasteiger partial charge on any atom is -0.373 e. The molecule has 0 amide bonds. The highest BCUT2D eigenvalue weighted by molar-refractivity contribution is 5.51. The molecule has 2 aromatic carbocycles. The van der Waals surface area contributed by atoms with Crippen LogP contribution >= 0.6 is 0 Å². The van der Waals surface area contributed by atoms with Gasteiger partial charge in [0.25, 0.3) is 0 Å². The molecule has 3 nitrogen and oxygen atoms in total. The number of hydrogen-bond acceptors (Lipinski definition) is 3. The van der Waals surface area contributed by atoms with Gasteiger partial charge in [-0.1, -0.05) is 54.6 Å². The van der Waals surface area contributed by atoms with Crippen LogP contribution in [0.5, 0.6) is 0 Å². The second-order valence-electron chi connectivity index (χ2n) is 6.05. The van der Waals surface area contributed by atoms with Crippen molar-refractivity contribution in [2.24, 2.45) is 5.92 Å². The summed E-state index contributed by atoms with van der Waals surface area (Å²) in [5.41, 5.74) is 3.08. The highest BCUT2D eigenvalue weighted by Gasteiger charge is 2.28. The van der Waals surface area contributed by atoms with Crippen molar-refractivity contribution in [3.63, 3.8) is 0 Å². The zero-order chi connectivity index (χ0) is 16.6. The monoisotopic (exact) mass is 318 g/mol. The van der Waals surface area contributed by atoms with Crippen LogP contribution in [0.4, 0.5) is 0 Å². The molecule has 1 fully saturated rings. The molecule has 24 heavy (non-hydrogen) atoms. The van der Waals surface area contributed by atoms with E-state index in [1.54, 1.807) is 0 Å². The van der Waals surface area contributed by atoms with Crippen molar-refractivity contribution in [3.8, 4) is 6.07 Å². The standard InChI is InChI=1S/C21H22N2O/c22-15-18-10-8-17(9-11-18)5-4-13-23-16-20-12-14-24-21(20)19-6-2-1-3-7-19/h1-11,20-21,23H,12-14,16H2/b5-4+/t20-,21-/m1/s1. The minimum absolute atomic E-state index is 0.209. The molecule has 0 aromatic heterocycles. The minimum atomic E-state index is 0.209. The summed E-state index contributed by atoms with van der Waals surface area (Å²) in [7, 11) is 0. The molecule has 1 aliphatic rings. The Kier molecular flexibility index (Phi) is 5.79. The first-order chi connectivity index (χ1) is 11.9. The topological polar surface area (TPSA) is 45.0 Å². The van der Waals surface area contributed by atoms with Crippen molar-refractivity contribution in [1.82, 2.24) is 5.32 Å². The lowest BCUT2D eigenvalue weighted by atomic mass is 9.95. The highest BCUT2D eigenvalue weighted by atomic mass is 16.5. The van der Waals surface area contributed by atoms with E-state index in [0.29, 0.717) is 11.5 Å². The Balaban J connectivity index is 1.45. The Morgan fingerprint density at radius 3 is 2.67 bits per heavy atom. The van der Waals surface area contributed by atoms with E-state index >= 15 is 0 Å². The molecular formula is C21H22N2O. The predicted octanol–water partition coefficient (Wildman–Crippen LogP) is 3.94. The van der Waals surface area contributed by atoms with Crippen molar-refractivity contribution >= 4 is 6.08 Å². The molecule has 1 saturated heterocycles. The molecule has 0 spiro atoms. The summed E-state index contributed by atoms with van der Waals surface area (Å²) < 4.78 is 5.92. The maximum atomic E-state index is 8.79. The maximum Gasteiger partial charge on any atom is 0.0991 e. The van der Waals surface area contributed by atoms with E-state index in [1.807, 2.05) is 30.3 Å². The predicted molar refractivity (Wildman–Crippen MR) is 96.3 cm³/mol. The first-order valence-electron chi connectivity index (χ1n) is 8.41. The number of nitrogens with one attached hydrogen (secondary N) is 1. The normalized spacial score (nSPS) is 20.3. The summed E-state index contributed by atoms with van der Waals surface area (Å²) in [6.45, 7) is 2.63. The van der Waals surface area contributed by atoms with E-state index in [-0.39, 0.29) is 6.10 Å². The average molecular weight is 318 g/mol. The van der Waals surface area contributed by atoms with Gasteiger partial charge < -0.3 is 10.1 Å². The molecular weight excluding hydrogens is 296 g/mol. The van der Waals surface area contributed by atoms with Gasteiger partial charge in [0.2, 0.25) is 0 Å². The molecule has 1 heterocycles. The fraction of sp³-hybridized carbons (Fsp3) is 0.286. The Hall–Kier alpha value is -2.41. The van der Waals surface area contributed by atoms with Gasteiger partial charge in [-0.15, -0.1) is 0 Å². The van der Waals surface area contributed by atoms with Gasteiger partial charge in [0.05, 0.1) is 17.7 Å². The lowest BCUT2D eigenvalue weighted by Crippen LogP contribution is -2.25.